The van der Waals surface area contributed by atoms with Gasteiger partial charge in [0.15, 0.2) is 5.92 Å². The van der Waals surface area contributed by atoms with E-state index in [-0.39, 0.29) is 0 Å². The van der Waals surface area contributed by atoms with Crippen molar-refractivity contribution in [3.05, 3.63) is 0 Å². The van der Waals surface area contributed by atoms with Gasteiger partial charge in [0.1, 0.15) is 0 Å². The van der Waals surface area contributed by atoms with Crippen molar-refractivity contribution in [2.75, 3.05) is 7.11 Å². The molecule has 0 aromatic heterocycles. The van der Waals surface area contributed by atoms with Crippen LogP contribution in [-0.2, 0) is 14.3 Å². The van der Waals surface area contributed by atoms with Crippen molar-refractivity contribution in [1.29, 1.82) is 0 Å². The van der Waals surface area contributed by atoms with Crippen molar-refractivity contribution in [3.63, 3.8) is 0 Å². The molecule has 0 radical (unpaired) electrons. The SMILES string of the molecule is COC(=O)C(C)C(=O)O.[CH3][Na]. The van der Waals surface area contributed by atoms with Crippen LogP contribution < -0.4 is 0 Å². The summed E-state index contributed by atoms with van der Waals surface area (Å²) < 4.78 is 6.29. The molecule has 0 spiro atoms. The Balaban J connectivity index is 0. The van der Waals surface area contributed by atoms with E-state index in [0.717, 1.165) is 7.11 Å². The third-order valence-electron chi connectivity index (χ3n) is 0.925. The van der Waals surface area contributed by atoms with E-state index in [2.05, 4.69) is 8.91 Å². The molecule has 0 fully saturated rings. The number of hydrogen-bond acceptors (Lipinski definition) is 3. The molecule has 1 unspecified atom stereocenters. The number of ether oxygens (including phenoxy) is 1. The minimum absolute atomic E-state index is 0.720. The molecule has 1 atom stereocenters. The summed E-state index contributed by atoms with van der Waals surface area (Å²) in [6, 6.07) is 0. The van der Waals surface area contributed by atoms with Crippen molar-refractivity contribution in [2.45, 2.75) is 11.1 Å². The van der Waals surface area contributed by atoms with E-state index in [1.807, 2.05) is 0 Å². The van der Waals surface area contributed by atoms with Gasteiger partial charge in [-0.15, -0.1) is 0 Å². The fraction of sp³-hybridized carbons (Fsp3) is 0.667. The zero-order chi connectivity index (χ0) is 9.44. The van der Waals surface area contributed by atoms with E-state index in [4.69, 9.17) is 5.11 Å². The maximum atomic E-state index is 10.4. The molecule has 5 heteroatoms. The van der Waals surface area contributed by atoms with Gasteiger partial charge in [-0.05, 0) is 6.92 Å². The quantitative estimate of drug-likeness (QED) is 0.362. The first-order valence-electron chi connectivity index (χ1n) is 3.40. The molecule has 0 saturated heterocycles. The van der Waals surface area contributed by atoms with E-state index in [0.29, 0.717) is 0 Å². The summed E-state index contributed by atoms with van der Waals surface area (Å²) in [7, 11) is 1.15. The molecule has 0 amide bonds. The molecular weight excluding hydrogens is 159 g/mol. The molecule has 0 aromatic rings. The number of aliphatic carboxylic acids is 1. The molecular formula is C6H11NaO4. The molecule has 60 valence electrons. The third kappa shape index (κ3) is 6.34. The average Bonchev–Trinajstić information content (AvgIpc) is 2.05. The van der Waals surface area contributed by atoms with Crippen LogP contribution in [0.25, 0.3) is 0 Å². The normalized spacial score (nSPS) is 10.6. The van der Waals surface area contributed by atoms with E-state index in [1.165, 1.54) is 34.9 Å². The minimum atomic E-state index is -1.16. The number of carbonyl (C=O) groups excluding carboxylic acids is 1. The van der Waals surface area contributed by atoms with Crippen LogP contribution in [-0.4, -0.2) is 52.1 Å². The van der Waals surface area contributed by atoms with Crippen LogP contribution in [0.15, 0.2) is 0 Å². The molecule has 11 heavy (non-hydrogen) atoms. The molecule has 0 aromatic carbocycles. The first-order chi connectivity index (χ1) is 5.09. The monoisotopic (exact) mass is 170 g/mol. The van der Waals surface area contributed by atoms with Gasteiger partial charge in [-0.2, -0.15) is 0 Å². The molecule has 0 aliphatic rings. The molecule has 0 heterocycles. The summed E-state index contributed by atoms with van der Waals surface area (Å²) >= 11 is 1.31. The van der Waals surface area contributed by atoms with Gasteiger partial charge in [-0.25, -0.2) is 0 Å². The number of hydrogen-bond donors (Lipinski definition) is 1. The van der Waals surface area contributed by atoms with Gasteiger partial charge in [-0.1, -0.05) is 0 Å². The van der Waals surface area contributed by atoms with E-state index < -0.39 is 17.9 Å². The average molecular weight is 170 g/mol. The Bertz CT molecular complexity index is 135. The molecule has 0 rings (SSSR count). The van der Waals surface area contributed by atoms with Crippen LogP contribution in [0, 0.1) is 5.92 Å². The summed E-state index contributed by atoms with van der Waals surface area (Å²) in [4.78, 5) is 20.3. The van der Waals surface area contributed by atoms with Gasteiger partial charge in [0.2, 0.25) is 0 Å². The maximum absolute atomic E-state index is 10.4. The Morgan fingerprint density at radius 3 is 1.91 bits per heavy atom. The van der Waals surface area contributed by atoms with Gasteiger partial charge < -0.3 is 9.84 Å². The van der Waals surface area contributed by atoms with Crippen molar-refractivity contribution in [3.8, 4) is 0 Å². The number of methoxy groups -OCH3 is 1. The molecule has 4 nitrogen and oxygen atoms in total. The third-order valence-corrected chi connectivity index (χ3v) is 0.925. The van der Waals surface area contributed by atoms with Crippen molar-refractivity contribution in [2.24, 2.45) is 5.92 Å². The second-order valence-corrected chi connectivity index (χ2v) is 1.58. The summed E-state index contributed by atoms with van der Waals surface area (Å²) in [6.07, 6.45) is 0. The molecule has 0 aliphatic carbocycles. The molecule has 0 bridgehead atoms. The number of rotatable bonds is 2. The molecule has 0 aliphatic heterocycles. The Hall–Kier alpha value is -0.0600. The first kappa shape index (κ1) is 13.5. The Morgan fingerprint density at radius 2 is 1.82 bits per heavy atom. The van der Waals surface area contributed by atoms with Crippen molar-refractivity contribution >= 4 is 39.9 Å². The van der Waals surface area contributed by atoms with Crippen molar-refractivity contribution < 1.29 is 19.4 Å². The van der Waals surface area contributed by atoms with Gasteiger partial charge in [0, 0.05) is 0 Å². The Kier molecular flexibility index (Phi) is 9.89. The van der Waals surface area contributed by atoms with E-state index >= 15 is 0 Å². The predicted octanol–water partition coefficient (Wildman–Crippen LogP) is 0.0831. The van der Waals surface area contributed by atoms with Gasteiger partial charge in [0.25, 0.3) is 0 Å². The number of carboxylic acid groups (broad SMARTS) is 1. The fourth-order valence-corrected chi connectivity index (χ4v) is 0.278. The number of carbonyl (C=O) groups is 2. The Labute approximate surface area is 83.3 Å². The van der Waals surface area contributed by atoms with Crippen LogP contribution in [0.5, 0.6) is 0 Å². The summed E-state index contributed by atoms with van der Waals surface area (Å²) in [5.74, 6) is -2.95. The zero-order valence-corrected chi connectivity index (χ0v) is 9.25. The fourth-order valence-electron chi connectivity index (χ4n) is 0.278. The van der Waals surface area contributed by atoms with Gasteiger partial charge >= 0.3 is 44.0 Å². The number of esters is 1. The second kappa shape index (κ2) is 8.04. The Morgan fingerprint density at radius 1 is 1.45 bits per heavy atom. The second-order valence-electron chi connectivity index (χ2n) is 1.58. The van der Waals surface area contributed by atoms with E-state index in [9.17, 15) is 9.59 Å². The van der Waals surface area contributed by atoms with Gasteiger partial charge in [0.05, 0.1) is 7.11 Å². The standard InChI is InChI=1S/C5H8O4.CH3.Na/c1-3(4(6)7)5(8)9-2;;/h3H,1-2H3,(H,6,7);1H3;. The summed E-state index contributed by atoms with van der Waals surface area (Å²) in [5.41, 5.74) is 0. The molecule has 0 saturated carbocycles. The first-order valence-corrected chi connectivity index (χ1v) is 5.40. The topological polar surface area (TPSA) is 63.6 Å². The predicted molar refractivity (Wildman–Crippen MR) is 40.4 cm³/mol. The van der Waals surface area contributed by atoms with Gasteiger partial charge in [-0.3, -0.25) is 9.59 Å². The van der Waals surface area contributed by atoms with Crippen LogP contribution in [0.4, 0.5) is 0 Å². The number of carboxylic acids is 1. The van der Waals surface area contributed by atoms with E-state index in [1.54, 1.807) is 0 Å². The van der Waals surface area contributed by atoms with Crippen LogP contribution >= 0.6 is 0 Å². The van der Waals surface area contributed by atoms with Crippen LogP contribution in [0.2, 0.25) is 4.17 Å². The molecule has 1 N–H and O–H groups in total. The van der Waals surface area contributed by atoms with Crippen LogP contribution in [0.1, 0.15) is 6.92 Å². The zero-order valence-electron chi connectivity index (χ0n) is 7.25. The van der Waals surface area contributed by atoms with Crippen molar-refractivity contribution in [1.82, 2.24) is 0 Å². The summed E-state index contributed by atoms with van der Waals surface area (Å²) in [6.45, 7) is 1.27. The summed E-state index contributed by atoms with van der Waals surface area (Å²) in [5, 5.41) is 8.18. The van der Waals surface area contributed by atoms with Crippen LogP contribution in [0.3, 0.4) is 0 Å².